The van der Waals surface area contributed by atoms with Gasteiger partial charge < -0.3 is 18.9 Å². The molecule has 8 nitrogen and oxygen atoms in total. The normalized spacial score (nSPS) is 16.7. The van der Waals surface area contributed by atoms with Crippen LogP contribution >= 0.6 is 11.3 Å². The van der Waals surface area contributed by atoms with Crippen LogP contribution in [0.25, 0.3) is 6.08 Å². The summed E-state index contributed by atoms with van der Waals surface area (Å²) in [6, 6.07) is 12.2. The van der Waals surface area contributed by atoms with Gasteiger partial charge in [-0.15, -0.1) is 0 Å². The molecule has 0 fully saturated rings. The molecular formula is C27H26N2O6S. The van der Waals surface area contributed by atoms with E-state index in [2.05, 4.69) is 4.99 Å². The number of ether oxygens (including phenoxy) is 4. The maximum atomic E-state index is 13.8. The van der Waals surface area contributed by atoms with E-state index in [0.717, 1.165) is 5.56 Å². The molecule has 3 aromatic rings. The zero-order valence-electron chi connectivity index (χ0n) is 20.4. The molecule has 0 spiro atoms. The van der Waals surface area contributed by atoms with Gasteiger partial charge in [0, 0.05) is 5.56 Å². The van der Waals surface area contributed by atoms with E-state index in [4.69, 9.17) is 18.9 Å². The van der Waals surface area contributed by atoms with Gasteiger partial charge >= 0.3 is 5.97 Å². The molecule has 0 bridgehead atoms. The minimum absolute atomic E-state index is 0.0934. The summed E-state index contributed by atoms with van der Waals surface area (Å²) in [6.45, 7) is 7.76. The van der Waals surface area contributed by atoms with Gasteiger partial charge in [-0.2, -0.15) is 0 Å². The molecule has 186 valence electrons. The molecule has 0 radical (unpaired) electrons. The fourth-order valence-corrected chi connectivity index (χ4v) is 5.35. The van der Waals surface area contributed by atoms with Crippen LogP contribution in [-0.2, 0) is 9.53 Å². The zero-order valence-corrected chi connectivity index (χ0v) is 21.3. The van der Waals surface area contributed by atoms with Gasteiger partial charge in [-0.1, -0.05) is 35.6 Å². The van der Waals surface area contributed by atoms with Crippen molar-refractivity contribution in [2.75, 3.05) is 13.4 Å². The number of esters is 1. The SMILES string of the molecule is CCOC(=O)C1=C(C)N=c2sc(=Cc3ccc4c(c3)OCO4)c(=O)n2[C@H]1c1ccccc1OC(C)C. The molecule has 1 atom stereocenters. The monoisotopic (exact) mass is 506 g/mol. The Bertz CT molecular complexity index is 1550. The minimum Gasteiger partial charge on any atom is -0.491 e. The summed E-state index contributed by atoms with van der Waals surface area (Å²) in [5.41, 5.74) is 2.06. The predicted octanol–water partition coefficient (Wildman–Crippen LogP) is 3.31. The first kappa shape index (κ1) is 23.9. The lowest BCUT2D eigenvalue weighted by atomic mass is 9.95. The maximum absolute atomic E-state index is 13.8. The van der Waals surface area contributed by atoms with E-state index >= 15 is 0 Å². The molecular weight excluding hydrogens is 480 g/mol. The van der Waals surface area contributed by atoms with E-state index in [1.54, 1.807) is 24.5 Å². The summed E-state index contributed by atoms with van der Waals surface area (Å²) in [7, 11) is 0. The molecule has 0 unspecified atom stereocenters. The smallest absolute Gasteiger partial charge is 0.338 e. The van der Waals surface area contributed by atoms with Crippen LogP contribution in [0.3, 0.4) is 0 Å². The van der Waals surface area contributed by atoms with Crippen molar-refractivity contribution in [1.82, 2.24) is 4.57 Å². The van der Waals surface area contributed by atoms with Crippen LogP contribution in [0.2, 0.25) is 0 Å². The average Bonchev–Trinajstić information content (AvgIpc) is 3.42. The molecule has 5 rings (SSSR count). The fraction of sp³-hybridized carbons (Fsp3) is 0.296. The first-order valence-corrected chi connectivity index (χ1v) is 12.5. The third-order valence-corrected chi connectivity index (χ3v) is 6.77. The molecule has 1 aromatic heterocycles. The number of allylic oxidation sites excluding steroid dienone is 1. The van der Waals surface area contributed by atoms with Gasteiger partial charge in [0.1, 0.15) is 11.8 Å². The summed E-state index contributed by atoms with van der Waals surface area (Å²) in [4.78, 5) is 32.1. The van der Waals surface area contributed by atoms with Crippen molar-refractivity contribution in [3.8, 4) is 17.2 Å². The maximum Gasteiger partial charge on any atom is 0.338 e. The highest BCUT2D eigenvalue weighted by molar-refractivity contribution is 7.07. The molecule has 0 amide bonds. The third kappa shape index (κ3) is 4.30. The highest BCUT2D eigenvalue weighted by Crippen LogP contribution is 2.36. The van der Waals surface area contributed by atoms with Crippen LogP contribution in [-0.4, -0.2) is 30.0 Å². The number of benzene rings is 2. The van der Waals surface area contributed by atoms with E-state index in [0.29, 0.717) is 43.4 Å². The Morgan fingerprint density at radius 2 is 2.00 bits per heavy atom. The predicted molar refractivity (Wildman–Crippen MR) is 135 cm³/mol. The quantitative estimate of drug-likeness (QED) is 0.477. The third-order valence-electron chi connectivity index (χ3n) is 5.79. The van der Waals surface area contributed by atoms with Crippen LogP contribution in [0, 0.1) is 0 Å². The molecule has 9 heteroatoms. The van der Waals surface area contributed by atoms with Crippen molar-refractivity contribution >= 4 is 23.4 Å². The molecule has 0 saturated heterocycles. The Morgan fingerprint density at radius 1 is 1.22 bits per heavy atom. The van der Waals surface area contributed by atoms with Crippen molar-refractivity contribution < 1.29 is 23.7 Å². The number of aromatic nitrogens is 1. The lowest BCUT2D eigenvalue weighted by Gasteiger charge is -2.26. The van der Waals surface area contributed by atoms with Crippen LogP contribution < -0.4 is 29.1 Å². The summed E-state index contributed by atoms with van der Waals surface area (Å²) in [6.07, 6.45) is 1.70. The number of rotatable bonds is 6. The van der Waals surface area contributed by atoms with Crippen LogP contribution in [0.4, 0.5) is 0 Å². The summed E-state index contributed by atoms with van der Waals surface area (Å²) < 4.78 is 24.4. The molecule has 36 heavy (non-hydrogen) atoms. The zero-order chi connectivity index (χ0) is 25.4. The van der Waals surface area contributed by atoms with Crippen molar-refractivity contribution in [2.24, 2.45) is 4.99 Å². The molecule has 3 heterocycles. The number of hydrogen-bond acceptors (Lipinski definition) is 8. The van der Waals surface area contributed by atoms with E-state index in [1.807, 2.05) is 56.3 Å². The molecule has 0 aliphatic carbocycles. The number of nitrogens with zero attached hydrogens (tertiary/aromatic N) is 2. The summed E-state index contributed by atoms with van der Waals surface area (Å²) in [5, 5.41) is 0. The van der Waals surface area contributed by atoms with Crippen LogP contribution in [0.1, 0.15) is 44.9 Å². The molecule has 0 N–H and O–H groups in total. The number of para-hydroxylation sites is 1. The van der Waals surface area contributed by atoms with Crippen LogP contribution in [0.15, 0.2) is 63.5 Å². The largest absolute Gasteiger partial charge is 0.491 e. The Morgan fingerprint density at radius 3 is 2.78 bits per heavy atom. The van der Waals surface area contributed by atoms with Crippen LogP contribution in [0.5, 0.6) is 17.2 Å². The molecule has 0 saturated carbocycles. The highest BCUT2D eigenvalue weighted by atomic mass is 32.1. The Labute approximate surface area is 211 Å². The summed E-state index contributed by atoms with van der Waals surface area (Å²) in [5.74, 6) is 1.40. The second-order valence-electron chi connectivity index (χ2n) is 8.62. The Balaban J connectivity index is 1.71. The minimum atomic E-state index is -0.742. The second-order valence-corrected chi connectivity index (χ2v) is 9.63. The Hall–Kier alpha value is -3.85. The van der Waals surface area contributed by atoms with Gasteiger partial charge in [-0.05, 0) is 57.5 Å². The van der Waals surface area contributed by atoms with Crippen molar-refractivity contribution in [3.63, 3.8) is 0 Å². The number of carbonyl (C=O) groups excluding carboxylic acids is 1. The fourth-order valence-electron chi connectivity index (χ4n) is 4.31. The van der Waals surface area contributed by atoms with Crippen molar-refractivity contribution in [1.29, 1.82) is 0 Å². The van der Waals surface area contributed by atoms with Gasteiger partial charge in [-0.25, -0.2) is 9.79 Å². The van der Waals surface area contributed by atoms with E-state index in [1.165, 1.54) is 11.3 Å². The summed E-state index contributed by atoms with van der Waals surface area (Å²) >= 11 is 1.27. The highest BCUT2D eigenvalue weighted by Gasteiger charge is 2.35. The number of hydrogen-bond donors (Lipinski definition) is 0. The Kier molecular flexibility index (Phi) is 6.40. The first-order valence-electron chi connectivity index (χ1n) is 11.7. The number of thiazole rings is 1. The topological polar surface area (TPSA) is 88.4 Å². The average molecular weight is 507 g/mol. The first-order chi connectivity index (χ1) is 17.4. The lowest BCUT2D eigenvalue weighted by molar-refractivity contribution is -0.139. The molecule has 2 aliphatic heterocycles. The van der Waals surface area contributed by atoms with Gasteiger partial charge in [0.15, 0.2) is 16.3 Å². The molecule has 2 aliphatic rings. The number of carbonyl (C=O) groups is 1. The number of fused-ring (bicyclic) bond motifs is 2. The van der Waals surface area contributed by atoms with Gasteiger partial charge in [0.25, 0.3) is 5.56 Å². The lowest BCUT2D eigenvalue weighted by Crippen LogP contribution is -2.40. The van der Waals surface area contributed by atoms with Gasteiger partial charge in [0.05, 0.1) is 28.5 Å². The van der Waals surface area contributed by atoms with Gasteiger partial charge in [0.2, 0.25) is 6.79 Å². The standard InChI is InChI=1S/C27H26N2O6S/c1-5-32-26(31)23-16(4)28-27-29(24(23)18-8-6-7-9-19(18)35-15(2)3)25(30)22(36-27)13-17-10-11-20-21(12-17)34-14-33-20/h6-13,15,24H,5,14H2,1-4H3/t24-/m0/s1. The van der Waals surface area contributed by atoms with Crippen molar-refractivity contribution in [2.45, 2.75) is 39.8 Å². The molecule has 2 aromatic carbocycles. The second kappa shape index (κ2) is 9.66. The van der Waals surface area contributed by atoms with Gasteiger partial charge in [-0.3, -0.25) is 9.36 Å². The van der Waals surface area contributed by atoms with Crippen molar-refractivity contribution in [3.05, 3.63) is 84.5 Å². The van der Waals surface area contributed by atoms with E-state index in [-0.39, 0.29) is 25.1 Å². The van der Waals surface area contributed by atoms with E-state index in [9.17, 15) is 9.59 Å². The van der Waals surface area contributed by atoms with E-state index < -0.39 is 12.0 Å².